The minimum absolute atomic E-state index is 0.208. The van der Waals surface area contributed by atoms with Gasteiger partial charge < -0.3 is 14.5 Å². The normalized spacial score (nSPS) is 13.0. The van der Waals surface area contributed by atoms with Crippen LogP contribution in [0, 0.1) is 0 Å². The van der Waals surface area contributed by atoms with Gasteiger partial charge in [0.05, 0.1) is 19.3 Å². The number of carbonyl (C=O) groups excluding carboxylic acids is 1. The molecule has 0 fully saturated rings. The largest absolute Gasteiger partial charge is 0.444 e. The minimum atomic E-state index is -1.72. The smallest absolute Gasteiger partial charge is 0.407 e. The Morgan fingerprint density at radius 2 is 1.88 bits per heavy atom. The third-order valence-corrected chi connectivity index (χ3v) is 8.65. The van der Waals surface area contributed by atoms with E-state index in [4.69, 9.17) is 9.16 Å². The van der Waals surface area contributed by atoms with Gasteiger partial charge in [-0.15, -0.1) is 0 Å². The Morgan fingerprint density at radius 1 is 1.25 bits per heavy atom. The Labute approximate surface area is 147 Å². The summed E-state index contributed by atoms with van der Waals surface area (Å²) >= 11 is 0. The third-order valence-electron chi connectivity index (χ3n) is 4.11. The van der Waals surface area contributed by atoms with Crippen LogP contribution < -0.4 is 5.32 Å². The van der Waals surface area contributed by atoms with Gasteiger partial charge in [0.15, 0.2) is 8.32 Å². The highest BCUT2D eigenvalue weighted by molar-refractivity contribution is 6.74. The third kappa shape index (κ3) is 7.05. The van der Waals surface area contributed by atoms with Crippen LogP contribution in [0.4, 0.5) is 4.79 Å². The number of hydrogen-bond donors (Lipinski definition) is 1. The molecule has 0 saturated carbocycles. The van der Waals surface area contributed by atoms with E-state index in [-0.39, 0.29) is 5.04 Å². The van der Waals surface area contributed by atoms with Crippen LogP contribution in [-0.2, 0) is 22.3 Å². The average Bonchev–Trinajstić information content (AvgIpc) is 2.80. The second kappa shape index (κ2) is 7.69. The first-order valence-electron chi connectivity index (χ1n) is 8.42. The number of alkyl carbamates (subject to hydrolysis) is 1. The Bertz CT molecular complexity index is 542. The molecule has 1 rings (SSSR count). The Kier molecular flexibility index (Phi) is 6.64. The number of carbonyl (C=O) groups is 1. The molecule has 1 aromatic rings. The van der Waals surface area contributed by atoms with Crippen LogP contribution in [0.2, 0.25) is 18.1 Å². The molecule has 1 N–H and O–H groups in total. The van der Waals surface area contributed by atoms with E-state index in [2.05, 4.69) is 44.3 Å². The molecule has 138 valence electrons. The van der Waals surface area contributed by atoms with Crippen molar-refractivity contribution in [2.45, 2.75) is 78.4 Å². The SMILES string of the molecule is CC(C)(C)OC(=O)NCc1cnn(CCO[Si](C)(C)C(C)(C)C)c1. The molecule has 0 aliphatic carbocycles. The maximum absolute atomic E-state index is 11.6. The van der Waals surface area contributed by atoms with Crippen molar-refractivity contribution in [3.8, 4) is 0 Å². The highest BCUT2D eigenvalue weighted by Gasteiger charge is 2.36. The number of nitrogens with one attached hydrogen (secondary N) is 1. The molecule has 0 aliphatic heterocycles. The molecule has 0 aromatic carbocycles. The van der Waals surface area contributed by atoms with Gasteiger partial charge in [0.2, 0.25) is 0 Å². The fourth-order valence-electron chi connectivity index (χ4n) is 1.72. The fourth-order valence-corrected chi connectivity index (χ4v) is 2.75. The first kappa shape index (κ1) is 20.7. The van der Waals surface area contributed by atoms with Crippen LogP contribution in [0.5, 0.6) is 0 Å². The van der Waals surface area contributed by atoms with Gasteiger partial charge >= 0.3 is 6.09 Å². The Balaban J connectivity index is 2.40. The van der Waals surface area contributed by atoms with Gasteiger partial charge in [-0.1, -0.05) is 20.8 Å². The molecule has 24 heavy (non-hydrogen) atoms. The van der Waals surface area contributed by atoms with Gasteiger partial charge in [-0.05, 0) is 38.9 Å². The molecule has 0 spiro atoms. The molecule has 7 heteroatoms. The molecular weight excluding hydrogens is 322 g/mol. The topological polar surface area (TPSA) is 65.4 Å². The summed E-state index contributed by atoms with van der Waals surface area (Å²) in [6.45, 7) is 18.5. The van der Waals surface area contributed by atoms with Crippen molar-refractivity contribution in [2.75, 3.05) is 6.61 Å². The number of rotatable bonds is 6. The highest BCUT2D eigenvalue weighted by Crippen LogP contribution is 2.36. The Morgan fingerprint density at radius 3 is 2.42 bits per heavy atom. The first-order valence-corrected chi connectivity index (χ1v) is 11.3. The molecule has 0 atom stereocenters. The summed E-state index contributed by atoms with van der Waals surface area (Å²) in [5, 5.41) is 7.25. The lowest BCUT2D eigenvalue weighted by Crippen LogP contribution is -2.41. The van der Waals surface area contributed by atoms with Crippen molar-refractivity contribution >= 4 is 14.4 Å². The van der Waals surface area contributed by atoms with Crippen LogP contribution in [0.1, 0.15) is 47.1 Å². The molecule has 1 aromatic heterocycles. The summed E-state index contributed by atoms with van der Waals surface area (Å²) < 4.78 is 13.2. The van der Waals surface area contributed by atoms with Gasteiger partial charge in [0, 0.05) is 18.3 Å². The summed E-state index contributed by atoms with van der Waals surface area (Å²) in [4.78, 5) is 11.6. The summed E-state index contributed by atoms with van der Waals surface area (Å²) in [6, 6.07) is 0. The molecule has 0 aliphatic rings. The zero-order valence-corrected chi connectivity index (χ0v) is 17.4. The van der Waals surface area contributed by atoms with Crippen LogP contribution in [0.25, 0.3) is 0 Å². The molecule has 6 nitrogen and oxygen atoms in total. The second-order valence-electron chi connectivity index (χ2n) is 8.58. The van der Waals surface area contributed by atoms with Gasteiger partial charge in [-0.25, -0.2) is 4.79 Å². The molecule has 0 unspecified atom stereocenters. The first-order chi connectivity index (χ1) is 10.8. The lowest BCUT2D eigenvalue weighted by molar-refractivity contribution is 0.0523. The fraction of sp³-hybridized carbons (Fsp3) is 0.765. The van der Waals surface area contributed by atoms with E-state index in [9.17, 15) is 4.79 Å². The number of ether oxygens (including phenoxy) is 1. The number of amides is 1. The maximum Gasteiger partial charge on any atom is 0.407 e. The average molecular weight is 356 g/mol. The van der Waals surface area contributed by atoms with E-state index in [0.717, 1.165) is 5.56 Å². The monoisotopic (exact) mass is 355 g/mol. The molecule has 1 heterocycles. The molecule has 0 radical (unpaired) electrons. The summed E-state index contributed by atoms with van der Waals surface area (Å²) in [5.74, 6) is 0. The van der Waals surface area contributed by atoms with E-state index >= 15 is 0 Å². The van der Waals surface area contributed by atoms with Crippen LogP contribution >= 0.6 is 0 Å². The van der Waals surface area contributed by atoms with Gasteiger partial charge in [0.25, 0.3) is 0 Å². The van der Waals surface area contributed by atoms with Gasteiger partial charge in [-0.2, -0.15) is 5.10 Å². The van der Waals surface area contributed by atoms with Gasteiger partial charge in [-0.3, -0.25) is 4.68 Å². The van der Waals surface area contributed by atoms with E-state index in [0.29, 0.717) is 19.7 Å². The summed E-state index contributed by atoms with van der Waals surface area (Å²) in [6.07, 6.45) is 3.26. The van der Waals surface area contributed by atoms with Crippen molar-refractivity contribution in [1.82, 2.24) is 15.1 Å². The Hall–Kier alpha value is -1.34. The van der Waals surface area contributed by atoms with Crippen molar-refractivity contribution in [3.63, 3.8) is 0 Å². The molecule has 1 amide bonds. The maximum atomic E-state index is 11.6. The van der Waals surface area contributed by atoms with E-state index in [1.54, 1.807) is 6.20 Å². The van der Waals surface area contributed by atoms with E-state index in [1.165, 1.54) is 0 Å². The van der Waals surface area contributed by atoms with E-state index < -0.39 is 20.0 Å². The van der Waals surface area contributed by atoms with Crippen LogP contribution in [0.15, 0.2) is 12.4 Å². The zero-order valence-electron chi connectivity index (χ0n) is 16.4. The van der Waals surface area contributed by atoms with E-state index in [1.807, 2.05) is 31.6 Å². The van der Waals surface area contributed by atoms with Crippen LogP contribution in [-0.4, -0.2) is 36.4 Å². The molecular formula is C17H33N3O3Si. The van der Waals surface area contributed by atoms with Crippen molar-refractivity contribution in [1.29, 1.82) is 0 Å². The summed E-state index contributed by atoms with van der Waals surface area (Å²) in [7, 11) is -1.72. The standard InChI is InChI=1S/C17H33N3O3Si/c1-16(2,3)23-15(21)18-11-14-12-19-20(13-14)9-10-22-24(7,8)17(4,5)6/h12-13H,9-11H2,1-8H3,(H,18,21). The quantitative estimate of drug-likeness (QED) is 0.785. The lowest BCUT2D eigenvalue weighted by atomic mass is 10.2. The minimum Gasteiger partial charge on any atom is -0.444 e. The van der Waals surface area contributed by atoms with Gasteiger partial charge in [0.1, 0.15) is 5.60 Å². The summed E-state index contributed by atoms with van der Waals surface area (Å²) in [5.41, 5.74) is 0.447. The zero-order chi connectivity index (χ0) is 18.6. The van der Waals surface area contributed by atoms with Crippen LogP contribution in [0.3, 0.4) is 0 Å². The number of hydrogen-bond acceptors (Lipinski definition) is 4. The predicted molar refractivity (Wildman–Crippen MR) is 98.4 cm³/mol. The van der Waals surface area contributed by atoms with Crippen molar-refractivity contribution < 1.29 is 14.0 Å². The number of nitrogens with zero attached hydrogens (tertiary/aromatic N) is 2. The number of aromatic nitrogens is 2. The van der Waals surface area contributed by atoms with Crippen molar-refractivity contribution in [2.24, 2.45) is 0 Å². The molecule has 0 bridgehead atoms. The highest BCUT2D eigenvalue weighted by atomic mass is 28.4. The van der Waals surface area contributed by atoms with Crippen molar-refractivity contribution in [3.05, 3.63) is 18.0 Å². The lowest BCUT2D eigenvalue weighted by Gasteiger charge is -2.36. The molecule has 0 saturated heterocycles. The predicted octanol–water partition coefficient (Wildman–Crippen LogP) is 3.93. The second-order valence-corrected chi connectivity index (χ2v) is 13.4.